The van der Waals surface area contributed by atoms with Crippen LogP contribution in [-0.2, 0) is 0 Å². The van der Waals surface area contributed by atoms with Crippen molar-refractivity contribution < 1.29 is 5.11 Å². The molecule has 0 spiro atoms. The van der Waals surface area contributed by atoms with Gasteiger partial charge in [0, 0.05) is 11.0 Å². The summed E-state index contributed by atoms with van der Waals surface area (Å²) in [7, 11) is 0. The lowest BCUT2D eigenvalue weighted by Crippen LogP contribution is -1.80. The highest BCUT2D eigenvalue weighted by Crippen LogP contribution is 1.97. The smallest absolute Gasteiger partial charge is 0.0431 e. The van der Waals surface area contributed by atoms with Gasteiger partial charge in [-0.15, -0.1) is 0 Å². The molecule has 0 rings (SSSR count). The highest BCUT2D eigenvalue weighted by atomic mass is 127. The minimum atomic E-state index is 0.333. The third-order valence-corrected chi connectivity index (χ3v) is 1.84. The highest BCUT2D eigenvalue weighted by Gasteiger charge is 1.81. The van der Waals surface area contributed by atoms with Crippen LogP contribution in [0.5, 0.6) is 0 Å². The van der Waals surface area contributed by atoms with Gasteiger partial charge >= 0.3 is 0 Å². The van der Waals surface area contributed by atoms with Gasteiger partial charge in [0.05, 0.1) is 0 Å². The number of halogens is 1. The molecule has 0 saturated heterocycles. The fraction of sp³-hybridized carbons (Fsp3) is 0.750. The Kier molecular flexibility index (Phi) is 9.84. The van der Waals surface area contributed by atoms with Crippen LogP contribution in [0.1, 0.15) is 25.7 Å². The van der Waals surface area contributed by atoms with E-state index in [-0.39, 0.29) is 0 Å². The van der Waals surface area contributed by atoms with Gasteiger partial charge in [0.1, 0.15) is 0 Å². The molecule has 0 fully saturated rings. The molecule has 0 amide bonds. The summed E-state index contributed by atoms with van der Waals surface area (Å²) >= 11 is 2.36. The van der Waals surface area contributed by atoms with Gasteiger partial charge in [-0.05, 0) is 25.7 Å². The molecule has 60 valence electrons. The van der Waals surface area contributed by atoms with Crippen LogP contribution in [0.3, 0.4) is 0 Å². The van der Waals surface area contributed by atoms with E-state index in [1.165, 1.54) is 10.8 Å². The molecule has 1 N–H and O–H groups in total. The molecular weight excluding hydrogens is 239 g/mol. The Labute approximate surface area is 76.7 Å². The molecule has 0 aliphatic carbocycles. The number of rotatable bonds is 6. The molecule has 0 heterocycles. The second-order valence-corrected chi connectivity index (χ2v) is 3.25. The molecule has 0 atom stereocenters. The number of hydrogen-bond acceptors (Lipinski definition) is 1. The Morgan fingerprint density at radius 3 is 2.40 bits per heavy atom. The quantitative estimate of drug-likeness (QED) is 0.334. The topological polar surface area (TPSA) is 20.2 Å². The maximum absolute atomic E-state index is 8.44. The standard InChI is InChI=1S/C8H15IO/c9-7-5-3-1-2-4-6-8-10/h1,3,10H,2,4-8H2/b3-1-. The first-order chi connectivity index (χ1) is 4.91. The van der Waals surface area contributed by atoms with E-state index in [1.807, 2.05) is 0 Å². The number of allylic oxidation sites excluding steroid dienone is 2. The van der Waals surface area contributed by atoms with E-state index in [2.05, 4.69) is 34.7 Å². The van der Waals surface area contributed by atoms with E-state index < -0.39 is 0 Å². The lowest BCUT2D eigenvalue weighted by Gasteiger charge is -1.90. The minimum Gasteiger partial charge on any atom is -0.396 e. The molecule has 0 saturated carbocycles. The zero-order valence-corrected chi connectivity index (χ0v) is 8.38. The van der Waals surface area contributed by atoms with Crippen molar-refractivity contribution in [3.63, 3.8) is 0 Å². The van der Waals surface area contributed by atoms with Crippen molar-refractivity contribution in [3.8, 4) is 0 Å². The Morgan fingerprint density at radius 2 is 1.80 bits per heavy atom. The minimum absolute atomic E-state index is 0.333. The average molecular weight is 254 g/mol. The molecule has 0 aromatic rings. The van der Waals surface area contributed by atoms with Gasteiger partial charge in [-0.1, -0.05) is 34.7 Å². The molecular formula is C8H15IO. The number of hydrogen-bond donors (Lipinski definition) is 1. The molecule has 0 radical (unpaired) electrons. The van der Waals surface area contributed by atoms with Crippen LogP contribution in [0.25, 0.3) is 0 Å². The molecule has 10 heavy (non-hydrogen) atoms. The van der Waals surface area contributed by atoms with Crippen molar-refractivity contribution in [2.75, 3.05) is 11.0 Å². The number of aliphatic hydroxyl groups excluding tert-OH is 1. The Bertz CT molecular complexity index is 81.3. The van der Waals surface area contributed by atoms with Crippen LogP contribution >= 0.6 is 22.6 Å². The molecule has 0 aliphatic heterocycles. The number of unbranched alkanes of at least 4 members (excludes halogenated alkanes) is 2. The third kappa shape index (κ3) is 8.43. The van der Waals surface area contributed by atoms with E-state index >= 15 is 0 Å². The predicted molar refractivity (Wildman–Crippen MR) is 53.6 cm³/mol. The normalized spacial score (nSPS) is 11.0. The first-order valence-electron chi connectivity index (χ1n) is 3.73. The summed E-state index contributed by atoms with van der Waals surface area (Å²) in [6.07, 6.45) is 8.78. The first kappa shape index (κ1) is 10.4. The van der Waals surface area contributed by atoms with Crippen molar-refractivity contribution in [2.45, 2.75) is 25.7 Å². The monoisotopic (exact) mass is 254 g/mol. The first-order valence-corrected chi connectivity index (χ1v) is 5.26. The van der Waals surface area contributed by atoms with E-state index in [4.69, 9.17) is 5.11 Å². The van der Waals surface area contributed by atoms with Crippen molar-refractivity contribution >= 4 is 22.6 Å². The lowest BCUT2D eigenvalue weighted by molar-refractivity contribution is 0.285. The highest BCUT2D eigenvalue weighted by molar-refractivity contribution is 14.1. The third-order valence-electron chi connectivity index (χ3n) is 1.22. The van der Waals surface area contributed by atoms with E-state index in [9.17, 15) is 0 Å². The van der Waals surface area contributed by atoms with Crippen molar-refractivity contribution in [1.82, 2.24) is 0 Å². The Balaban J connectivity index is 2.88. The van der Waals surface area contributed by atoms with Gasteiger partial charge in [-0.3, -0.25) is 0 Å². The zero-order chi connectivity index (χ0) is 7.66. The number of alkyl halides is 1. The van der Waals surface area contributed by atoms with Crippen LogP contribution in [0.4, 0.5) is 0 Å². The summed E-state index contributed by atoms with van der Waals surface area (Å²) in [4.78, 5) is 0. The van der Waals surface area contributed by atoms with Gasteiger partial charge in [0.25, 0.3) is 0 Å². The van der Waals surface area contributed by atoms with Crippen molar-refractivity contribution in [2.24, 2.45) is 0 Å². The fourth-order valence-corrected chi connectivity index (χ4v) is 1.03. The van der Waals surface area contributed by atoms with Crippen molar-refractivity contribution in [1.29, 1.82) is 0 Å². The van der Waals surface area contributed by atoms with Crippen LogP contribution in [-0.4, -0.2) is 16.1 Å². The summed E-state index contributed by atoms with van der Waals surface area (Å²) in [5.74, 6) is 0. The summed E-state index contributed by atoms with van der Waals surface area (Å²) in [6.45, 7) is 0.333. The van der Waals surface area contributed by atoms with Crippen molar-refractivity contribution in [3.05, 3.63) is 12.2 Å². The zero-order valence-electron chi connectivity index (χ0n) is 6.22. The molecule has 0 aliphatic rings. The SMILES string of the molecule is OCCCC/C=C\CCI. The molecule has 0 aromatic carbocycles. The second kappa shape index (κ2) is 9.43. The maximum atomic E-state index is 8.44. The summed E-state index contributed by atoms with van der Waals surface area (Å²) in [5, 5.41) is 8.44. The molecule has 0 bridgehead atoms. The molecule has 0 unspecified atom stereocenters. The maximum Gasteiger partial charge on any atom is 0.0431 e. The fourth-order valence-electron chi connectivity index (χ4n) is 0.673. The average Bonchev–Trinajstić information content (AvgIpc) is 1.97. The summed E-state index contributed by atoms with van der Waals surface area (Å²) < 4.78 is 1.20. The van der Waals surface area contributed by atoms with E-state index in [0.717, 1.165) is 19.3 Å². The summed E-state index contributed by atoms with van der Waals surface area (Å²) in [5.41, 5.74) is 0. The van der Waals surface area contributed by atoms with Gasteiger partial charge in [0.15, 0.2) is 0 Å². The van der Waals surface area contributed by atoms with Crippen LogP contribution in [0.15, 0.2) is 12.2 Å². The van der Waals surface area contributed by atoms with Crippen LogP contribution in [0.2, 0.25) is 0 Å². The van der Waals surface area contributed by atoms with Gasteiger partial charge in [-0.2, -0.15) is 0 Å². The van der Waals surface area contributed by atoms with E-state index in [1.54, 1.807) is 0 Å². The lowest BCUT2D eigenvalue weighted by atomic mass is 10.2. The van der Waals surface area contributed by atoms with Gasteiger partial charge < -0.3 is 5.11 Å². The largest absolute Gasteiger partial charge is 0.396 e. The van der Waals surface area contributed by atoms with Crippen LogP contribution in [0, 0.1) is 0 Å². The second-order valence-electron chi connectivity index (χ2n) is 2.17. The predicted octanol–water partition coefficient (Wildman–Crippen LogP) is 2.53. The van der Waals surface area contributed by atoms with E-state index in [0.29, 0.717) is 6.61 Å². The van der Waals surface area contributed by atoms with Gasteiger partial charge in [0.2, 0.25) is 0 Å². The molecule has 1 nitrogen and oxygen atoms in total. The summed E-state index contributed by atoms with van der Waals surface area (Å²) in [6, 6.07) is 0. The molecule has 0 aromatic heterocycles. The number of aliphatic hydroxyl groups is 1. The Morgan fingerprint density at radius 1 is 1.10 bits per heavy atom. The van der Waals surface area contributed by atoms with Gasteiger partial charge in [-0.25, -0.2) is 0 Å². The van der Waals surface area contributed by atoms with Crippen LogP contribution < -0.4 is 0 Å². The Hall–Kier alpha value is 0.430. The molecule has 2 heteroatoms.